The van der Waals surface area contributed by atoms with Crippen molar-refractivity contribution >= 4 is 0 Å². The van der Waals surface area contributed by atoms with Gasteiger partial charge in [0.15, 0.2) is 0 Å². The molecule has 5 nitrogen and oxygen atoms in total. The maximum Gasteiger partial charge on any atom is 0.117 e. The van der Waals surface area contributed by atoms with Crippen LogP contribution in [0.1, 0.15) is 42.6 Å². The zero-order valence-electron chi connectivity index (χ0n) is 14.0. The summed E-state index contributed by atoms with van der Waals surface area (Å²) in [6, 6.07) is 4.40. The predicted molar refractivity (Wildman–Crippen MR) is 86.5 cm³/mol. The summed E-state index contributed by atoms with van der Waals surface area (Å²) >= 11 is 0. The Morgan fingerprint density at radius 2 is 2.18 bits per heavy atom. The van der Waals surface area contributed by atoms with Crippen molar-refractivity contribution in [3.05, 3.63) is 41.1 Å². The van der Waals surface area contributed by atoms with Crippen molar-refractivity contribution in [3.8, 4) is 0 Å². The first-order valence-corrected chi connectivity index (χ1v) is 8.03. The minimum Gasteiger partial charge on any atom is -0.468 e. The maximum atomic E-state index is 5.49. The first kappa shape index (κ1) is 15.3. The molecule has 0 spiro atoms. The molecule has 5 heteroatoms. The zero-order valence-corrected chi connectivity index (χ0v) is 14.0. The lowest BCUT2D eigenvalue weighted by molar-refractivity contribution is 0.216. The average Bonchev–Trinajstić information content (AvgIpc) is 3.06. The standard InChI is InChI=1S/C17H26N4O/c1-13(2)21-17-12-20(10-14-6-5-9-22-14)8-7-15(17)16(18-21)11-19(3)4/h5-6,9,13H,7-8,10-12H2,1-4H3. The fraction of sp³-hybridized carbons (Fsp3) is 0.588. The van der Waals surface area contributed by atoms with Crippen LogP contribution in [0.5, 0.6) is 0 Å². The minimum absolute atomic E-state index is 0.397. The van der Waals surface area contributed by atoms with Crippen molar-refractivity contribution < 1.29 is 4.42 Å². The minimum atomic E-state index is 0.397. The lowest BCUT2D eigenvalue weighted by Crippen LogP contribution is -2.31. The van der Waals surface area contributed by atoms with Crippen LogP contribution in [0.25, 0.3) is 0 Å². The molecule has 0 atom stereocenters. The number of fused-ring (bicyclic) bond motifs is 1. The Morgan fingerprint density at radius 1 is 1.36 bits per heavy atom. The van der Waals surface area contributed by atoms with Crippen LogP contribution in [0.4, 0.5) is 0 Å². The topological polar surface area (TPSA) is 37.4 Å². The molecule has 22 heavy (non-hydrogen) atoms. The van der Waals surface area contributed by atoms with Gasteiger partial charge in [0.05, 0.1) is 24.2 Å². The number of hydrogen-bond acceptors (Lipinski definition) is 4. The van der Waals surface area contributed by atoms with Crippen LogP contribution in [0.3, 0.4) is 0 Å². The van der Waals surface area contributed by atoms with Crippen molar-refractivity contribution in [2.24, 2.45) is 0 Å². The van der Waals surface area contributed by atoms with Gasteiger partial charge < -0.3 is 9.32 Å². The number of rotatable bonds is 5. The largest absolute Gasteiger partial charge is 0.468 e. The third-order valence-corrected chi connectivity index (χ3v) is 4.17. The Morgan fingerprint density at radius 3 is 2.82 bits per heavy atom. The average molecular weight is 302 g/mol. The highest BCUT2D eigenvalue weighted by Crippen LogP contribution is 2.26. The van der Waals surface area contributed by atoms with E-state index in [-0.39, 0.29) is 0 Å². The van der Waals surface area contributed by atoms with Crippen molar-refractivity contribution in [3.63, 3.8) is 0 Å². The van der Waals surface area contributed by atoms with E-state index in [9.17, 15) is 0 Å². The van der Waals surface area contributed by atoms with Gasteiger partial charge in [-0.3, -0.25) is 9.58 Å². The molecule has 1 aliphatic heterocycles. The Kier molecular flexibility index (Phi) is 4.36. The molecule has 0 aliphatic carbocycles. The number of nitrogens with zero attached hydrogens (tertiary/aromatic N) is 4. The second-order valence-corrected chi connectivity index (χ2v) is 6.69. The van der Waals surface area contributed by atoms with Gasteiger partial charge in [-0.2, -0.15) is 5.10 Å². The van der Waals surface area contributed by atoms with E-state index in [1.54, 1.807) is 6.26 Å². The van der Waals surface area contributed by atoms with Gasteiger partial charge in [0.2, 0.25) is 0 Å². The second kappa shape index (κ2) is 6.26. The van der Waals surface area contributed by atoms with Crippen LogP contribution >= 0.6 is 0 Å². The van der Waals surface area contributed by atoms with Gasteiger partial charge in [0.1, 0.15) is 5.76 Å². The quantitative estimate of drug-likeness (QED) is 0.851. The maximum absolute atomic E-state index is 5.49. The van der Waals surface area contributed by atoms with E-state index in [1.165, 1.54) is 17.0 Å². The van der Waals surface area contributed by atoms with Gasteiger partial charge in [0.25, 0.3) is 0 Å². The Balaban J connectivity index is 1.83. The molecule has 0 N–H and O–H groups in total. The fourth-order valence-corrected chi connectivity index (χ4v) is 3.18. The molecule has 0 bridgehead atoms. The summed E-state index contributed by atoms with van der Waals surface area (Å²) in [4.78, 5) is 4.64. The Bertz CT molecular complexity index is 613. The molecule has 0 aromatic carbocycles. The molecule has 0 saturated heterocycles. The molecule has 120 valence electrons. The van der Waals surface area contributed by atoms with Gasteiger partial charge in [-0.15, -0.1) is 0 Å². The smallest absolute Gasteiger partial charge is 0.117 e. The number of furan rings is 1. The first-order chi connectivity index (χ1) is 10.5. The monoisotopic (exact) mass is 302 g/mol. The van der Waals surface area contributed by atoms with Crippen molar-refractivity contribution in [2.75, 3.05) is 20.6 Å². The van der Waals surface area contributed by atoms with Crippen LogP contribution < -0.4 is 0 Å². The van der Waals surface area contributed by atoms with Crippen molar-refractivity contribution in [1.82, 2.24) is 19.6 Å². The molecular weight excluding hydrogens is 276 g/mol. The highest BCUT2D eigenvalue weighted by Gasteiger charge is 2.26. The van der Waals surface area contributed by atoms with Crippen LogP contribution in [-0.2, 0) is 26.1 Å². The van der Waals surface area contributed by atoms with E-state index in [1.807, 2.05) is 12.1 Å². The summed E-state index contributed by atoms with van der Waals surface area (Å²) in [6.45, 7) is 8.22. The molecule has 1 aliphatic rings. The molecule has 0 fully saturated rings. The van der Waals surface area contributed by atoms with Gasteiger partial charge >= 0.3 is 0 Å². The van der Waals surface area contributed by atoms with Gasteiger partial charge in [-0.05, 0) is 46.5 Å². The summed E-state index contributed by atoms with van der Waals surface area (Å²) in [7, 11) is 4.21. The summed E-state index contributed by atoms with van der Waals surface area (Å²) in [5.41, 5.74) is 4.08. The van der Waals surface area contributed by atoms with E-state index in [0.29, 0.717) is 6.04 Å². The summed E-state index contributed by atoms with van der Waals surface area (Å²) in [5, 5.41) is 4.89. The highest BCUT2D eigenvalue weighted by atomic mass is 16.3. The van der Waals surface area contributed by atoms with Crippen molar-refractivity contribution in [2.45, 2.75) is 45.9 Å². The lowest BCUT2D eigenvalue weighted by Gasteiger charge is -2.27. The highest BCUT2D eigenvalue weighted by molar-refractivity contribution is 5.29. The second-order valence-electron chi connectivity index (χ2n) is 6.69. The molecule has 0 saturated carbocycles. The first-order valence-electron chi connectivity index (χ1n) is 8.03. The Labute approximate surface area is 132 Å². The molecule has 0 amide bonds. The van der Waals surface area contributed by atoms with Gasteiger partial charge in [-0.1, -0.05) is 0 Å². The normalized spacial score (nSPS) is 15.7. The fourth-order valence-electron chi connectivity index (χ4n) is 3.18. The predicted octanol–water partition coefficient (Wildman–Crippen LogP) is 2.68. The summed E-state index contributed by atoms with van der Waals surface area (Å²) < 4.78 is 7.70. The third kappa shape index (κ3) is 3.10. The molecular formula is C17H26N4O. The van der Waals surface area contributed by atoms with Gasteiger partial charge in [-0.25, -0.2) is 0 Å². The van der Waals surface area contributed by atoms with Gasteiger partial charge in [0, 0.05) is 31.2 Å². The van der Waals surface area contributed by atoms with Crippen LogP contribution in [-0.4, -0.2) is 40.2 Å². The summed E-state index contributed by atoms with van der Waals surface area (Å²) in [6.07, 6.45) is 2.82. The number of aromatic nitrogens is 2. The van der Waals surface area contributed by atoms with Crippen molar-refractivity contribution in [1.29, 1.82) is 0 Å². The lowest BCUT2D eigenvalue weighted by atomic mass is 10.0. The SMILES string of the molecule is CC(C)n1nc(CN(C)C)c2c1CN(Cc1ccco1)CC2. The Hall–Kier alpha value is -1.59. The van der Waals surface area contributed by atoms with E-state index >= 15 is 0 Å². The molecule has 2 aromatic rings. The van der Waals surface area contributed by atoms with E-state index < -0.39 is 0 Å². The summed E-state index contributed by atoms with van der Waals surface area (Å²) in [5.74, 6) is 1.03. The molecule has 0 unspecified atom stereocenters. The zero-order chi connectivity index (χ0) is 15.7. The molecule has 2 aromatic heterocycles. The molecule has 3 heterocycles. The number of hydrogen-bond donors (Lipinski definition) is 0. The van der Waals surface area contributed by atoms with E-state index in [4.69, 9.17) is 9.52 Å². The van der Waals surface area contributed by atoms with E-state index in [2.05, 4.69) is 42.4 Å². The van der Waals surface area contributed by atoms with Crippen LogP contribution in [0.2, 0.25) is 0 Å². The van der Waals surface area contributed by atoms with E-state index in [0.717, 1.165) is 38.4 Å². The third-order valence-electron chi connectivity index (χ3n) is 4.17. The van der Waals surface area contributed by atoms with Crippen LogP contribution in [0, 0.1) is 0 Å². The molecule has 3 rings (SSSR count). The van der Waals surface area contributed by atoms with Crippen LogP contribution in [0.15, 0.2) is 22.8 Å². The molecule has 0 radical (unpaired) electrons.